The number of halogens is 1. The summed E-state index contributed by atoms with van der Waals surface area (Å²) >= 11 is 0. The number of benzene rings is 1. The molecule has 0 atom stereocenters. The molecule has 110 valence electrons. The Morgan fingerprint density at radius 3 is 2.90 bits per heavy atom. The number of anilines is 1. The average Bonchev–Trinajstić information content (AvgIpc) is 2.80. The van der Waals surface area contributed by atoms with Crippen LogP contribution >= 0.6 is 0 Å². The maximum Gasteiger partial charge on any atom is 0.362 e. The van der Waals surface area contributed by atoms with E-state index >= 15 is 0 Å². The number of ether oxygens (including phenoxy) is 1. The van der Waals surface area contributed by atoms with Crippen molar-refractivity contribution in [3.63, 3.8) is 0 Å². The fraction of sp³-hybridized carbons (Fsp3) is 0.250. The fourth-order valence-electron chi connectivity index (χ4n) is 1.78. The van der Waals surface area contributed by atoms with Crippen molar-refractivity contribution in [3.05, 3.63) is 34.1 Å². The zero-order chi connectivity index (χ0) is 15.6. The lowest BCUT2D eigenvalue weighted by Crippen LogP contribution is -2.25. The van der Waals surface area contributed by atoms with E-state index < -0.39 is 33.9 Å². The van der Waals surface area contributed by atoms with E-state index in [-0.39, 0.29) is 18.8 Å². The third-order valence-corrected chi connectivity index (χ3v) is 2.66. The molecule has 0 unspecified atom stereocenters. The number of nitrogens with zero attached hydrogens (tertiary/aromatic N) is 3. The summed E-state index contributed by atoms with van der Waals surface area (Å²) in [5, 5.41) is 15.6. The first-order valence-corrected chi connectivity index (χ1v) is 5.94. The SMILES string of the molecule is CCOC(=O)C1=NN(c2ccc(F)cc2[N+](=O)[O-])CC1=O. The molecule has 2 rings (SSSR count). The van der Waals surface area contributed by atoms with Crippen LogP contribution in [0.3, 0.4) is 0 Å². The lowest BCUT2D eigenvalue weighted by Gasteiger charge is -2.12. The minimum Gasteiger partial charge on any atom is -0.461 e. The van der Waals surface area contributed by atoms with Gasteiger partial charge in [0.25, 0.3) is 5.69 Å². The summed E-state index contributed by atoms with van der Waals surface area (Å²) < 4.78 is 17.7. The largest absolute Gasteiger partial charge is 0.461 e. The van der Waals surface area contributed by atoms with Gasteiger partial charge in [-0.1, -0.05) is 0 Å². The molecule has 1 aliphatic heterocycles. The van der Waals surface area contributed by atoms with Gasteiger partial charge in [-0.3, -0.25) is 14.9 Å². The summed E-state index contributed by atoms with van der Waals surface area (Å²) in [6.07, 6.45) is 0. The molecule has 9 heteroatoms. The first-order valence-electron chi connectivity index (χ1n) is 5.94. The second-order valence-corrected chi connectivity index (χ2v) is 4.04. The Hall–Kier alpha value is -2.84. The highest BCUT2D eigenvalue weighted by Gasteiger charge is 2.34. The van der Waals surface area contributed by atoms with Crippen LogP contribution < -0.4 is 5.01 Å². The zero-order valence-electron chi connectivity index (χ0n) is 10.9. The maximum absolute atomic E-state index is 13.1. The van der Waals surface area contributed by atoms with Gasteiger partial charge in [-0.15, -0.1) is 0 Å². The number of hydrazone groups is 1. The van der Waals surface area contributed by atoms with Crippen molar-refractivity contribution >= 4 is 28.8 Å². The normalized spacial score (nSPS) is 14.1. The number of Topliss-reactive ketones (excluding diaryl/α,β-unsaturated/α-hetero) is 1. The highest BCUT2D eigenvalue weighted by Crippen LogP contribution is 2.30. The van der Waals surface area contributed by atoms with Crippen LogP contribution in [0, 0.1) is 15.9 Å². The molecule has 1 aliphatic rings. The summed E-state index contributed by atoms with van der Waals surface area (Å²) in [4.78, 5) is 33.3. The lowest BCUT2D eigenvalue weighted by atomic mass is 10.2. The van der Waals surface area contributed by atoms with Gasteiger partial charge in [0.15, 0.2) is 0 Å². The first kappa shape index (κ1) is 14.6. The topological polar surface area (TPSA) is 102 Å². The molecule has 0 aromatic heterocycles. The quantitative estimate of drug-likeness (QED) is 0.467. The molecule has 8 nitrogen and oxygen atoms in total. The lowest BCUT2D eigenvalue weighted by molar-refractivity contribution is -0.384. The molecule has 1 aromatic carbocycles. The van der Waals surface area contributed by atoms with Gasteiger partial charge >= 0.3 is 5.97 Å². The summed E-state index contributed by atoms with van der Waals surface area (Å²) in [7, 11) is 0. The second kappa shape index (κ2) is 5.65. The van der Waals surface area contributed by atoms with Gasteiger partial charge in [0.2, 0.25) is 11.5 Å². The van der Waals surface area contributed by atoms with Gasteiger partial charge in [-0.25, -0.2) is 14.2 Å². The summed E-state index contributed by atoms with van der Waals surface area (Å²) in [5.41, 5.74) is -1.05. The van der Waals surface area contributed by atoms with Crippen molar-refractivity contribution in [2.45, 2.75) is 6.92 Å². The van der Waals surface area contributed by atoms with Gasteiger partial charge in [-0.2, -0.15) is 5.10 Å². The van der Waals surface area contributed by atoms with Crippen molar-refractivity contribution < 1.29 is 23.6 Å². The fourth-order valence-corrected chi connectivity index (χ4v) is 1.78. The molecule has 1 aromatic rings. The Kier molecular flexibility index (Phi) is 3.92. The molecule has 0 N–H and O–H groups in total. The smallest absolute Gasteiger partial charge is 0.362 e. The van der Waals surface area contributed by atoms with E-state index in [2.05, 4.69) is 9.84 Å². The number of nitro groups is 1. The predicted octanol–water partition coefficient (Wildman–Crippen LogP) is 1.04. The van der Waals surface area contributed by atoms with Gasteiger partial charge in [0.1, 0.15) is 18.0 Å². The van der Waals surface area contributed by atoms with Gasteiger partial charge < -0.3 is 4.74 Å². The standard InChI is InChI=1S/C12H10FN3O5/c1-2-21-12(18)11-10(17)6-15(14-11)8-4-3-7(13)5-9(8)16(19)20/h3-5H,2,6H2,1H3. The Morgan fingerprint density at radius 1 is 1.57 bits per heavy atom. The van der Waals surface area contributed by atoms with Crippen LogP contribution in [0.5, 0.6) is 0 Å². The highest BCUT2D eigenvalue weighted by atomic mass is 19.1. The van der Waals surface area contributed by atoms with E-state index in [9.17, 15) is 24.1 Å². The first-order chi connectivity index (χ1) is 9.93. The van der Waals surface area contributed by atoms with Gasteiger partial charge in [0.05, 0.1) is 17.6 Å². The minimum absolute atomic E-state index is 0.0713. The molecule has 0 spiro atoms. The van der Waals surface area contributed by atoms with Crippen LogP contribution in [0.15, 0.2) is 23.3 Å². The molecule has 0 radical (unpaired) electrons. The third-order valence-electron chi connectivity index (χ3n) is 2.66. The molecule has 0 amide bonds. The van der Waals surface area contributed by atoms with Crippen LogP contribution in [-0.2, 0) is 14.3 Å². The zero-order valence-corrected chi connectivity index (χ0v) is 10.9. The number of carbonyl (C=O) groups is 2. The number of hydrogen-bond donors (Lipinski definition) is 0. The third kappa shape index (κ3) is 2.86. The van der Waals surface area contributed by atoms with Crippen LogP contribution in [0.2, 0.25) is 0 Å². The number of carbonyl (C=O) groups excluding carboxylic acids is 2. The summed E-state index contributed by atoms with van der Waals surface area (Å²) in [6.45, 7) is 1.29. The molecule has 0 fully saturated rings. The van der Waals surface area contributed by atoms with Gasteiger partial charge in [-0.05, 0) is 19.1 Å². The molecule has 0 aliphatic carbocycles. The van der Waals surface area contributed by atoms with Crippen molar-refractivity contribution in [1.29, 1.82) is 0 Å². The van der Waals surface area contributed by atoms with Crippen molar-refractivity contribution in [2.24, 2.45) is 5.10 Å². The molecular weight excluding hydrogens is 285 g/mol. The van der Waals surface area contributed by atoms with Gasteiger partial charge in [0, 0.05) is 0 Å². The number of nitro benzene ring substituents is 1. The number of esters is 1. The molecule has 21 heavy (non-hydrogen) atoms. The molecule has 1 heterocycles. The number of ketones is 1. The van der Waals surface area contributed by atoms with Crippen LogP contribution in [0.1, 0.15) is 6.92 Å². The second-order valence-electron chi connectivity index (χ2n) is 4.04. The van der Waals surface area contributed by atoms with E-state index in [1.165, 1.54) is 0 Å². The Morgan fingerprint density at radius 2 is 2.29 bits per heavy atom. The molecular formula is C12H10FN3O5. The molecule has 0 bridgehead atoms. The minimum atomic E-state index is -0.894. The predicted molar refractivity (Wildman–Crippen MR) is 69.5 cm³/mol. The van der Waals surface area contributed by atoms with E-state index in [1.54, 1.807) is 6.92 Å². The van der Waals surface area contributed by atoms with Crippen LogP contribution in [0.25, 0.3) is 0 Å². The van der Waals surface area contributed by atoms with Crippen molar-refractivity contribution in [2.75, 3.05) is 18.2 Å². The Balaban J connectivity index is 2.38. The summed E-state index contributed by atoms with van der Waals surface area (Å²) in [6, 6.07) is 2.85. The maximum atomic E-state index is 13.1. The van der Waals surface area contributed by atoms with E-state index in [0.29, 0.717) is 0 Å². The highest BCUT2D eigenvalue weighted by molar-refractivity contribution is 6.66. The Labute approximate surface area is 117 Å². The molecule has 0 saturated carbocycles. The van der Waals surface area contributed by atoms with Crippen LogP contribution in [0.4, 0.5) is 15.8 Å². The van der Waals surface area contributed by atoms with E-state index in [1.807, 2.05) is 0 Å². The average molecular weight is 295 g/mol. The van der Waals surface area contributed by atoms with Crippen molar-refractivity contribution in [3.8, 4) is 0 Å². The van der Waals surface area contributed by atoms with Crippen molar-refractivity contribution in [1.82, 2.24) is 0 Å². The molecule has 0 saturated heterocycles. The van der Waals surface area contributed by atoms with Crippen LogP contribution in [-0.4, -0.2) is 35.5 Å². The summed E-state index contributed by atoms with van der Waals surface area (Å²) in [5.74, 6) is -2.30. The van der Waals surface area contributed by atoms with E-state index in [0.717, 1.165) is 23.2 Å². The number of hydrogen-bond acceptors (Lipinski definition) is 7. The Bertz CT molecular complexity index is 658. The number of rotatable bonds is 4. The monoisotopic (exact) mass is 295 g/mol. The van der Waals surface area contributed by atoms with E-state index in [4.69, 9.17) is 0 Å².